The Labute approximate surface area is 153 Å². The third-order valence-corrected chi connectivity index (χ3v) is 6.08. The molecule has 5 heteroatoms. The van der Waals surface area contributed by atoms with E-state index in [-0.39, 0.29) is 4.90 Å². The largest absolute Gasteiger partial charge is 0.280 e. The average molecular weight is 370 g/mol. The molecular formula is C20H19NO2S2. The number of aryl methyl sites for hydroxylation is 1. The maximum absolute atomic E-state index is 12.5. The van der Waals surface area contributed by atoms with E-state index in [1.54, 1.807) is 48.2 Å². The summed E-state index contributed by atoms with van der Waals surface area (Å²) in [5.41, 5.74) is 3.77. The van der Waals surface area contributed by atoms with Gasteiger partial charge in [-0.05, 0) is 54.6 Å². The zero-order valence-electron chi connectivity index (χ0n) is 14.1. The Morgan fingerprint density at radius 2 is 1.48 bits per heavy atom. The summed E-state index contributed by atoms with van der Waals surface area (Å²) in [5, 5.41) is 0. The van der Waals surface area contributed by atoms with E-state index in [4.69, 9.17) is 0 Å². The first kappa shape index (κ1) is 17.6. The highest BCUT2D eigenvalue weighted by Crippen LogP contribution is 2.30. The van der Waals surface area contributed by atoms with E-state index >= 15 is 0 Å². The molecule has 0 heterocycles. The molecule has 0 spiro atoms. The highest BCUT2D eigenvalue weighted by Gasteiger charge is 2.14. The van der Waals surface area contributed by atoms with Gasteiger partial charge in [-0.15, -0.1) is 11.8 Å². The van der Waals surface area contributed by atoms with Gasteiger partial charge in [-0.3, -0.25) is 4.72 Å². The fourth-order valence-electron chi connectivity index (χ4n) is 2.53. The molecule has 0 amide bonds. The molecule has 0 radical (unpaired) electrons. The standard InChI is InChI=1S/C20H19NO2S2/c1-15-7-13-18(14-8-15)25(22,23)21-17-11-9-16(10-12-17)19-5-3-4-6-20(19)24-2/h3-14,21H,1-2H3. The van der Waals surface area contributed by atoms with Crippen LogP contribution in [-0.2, 0) is 10.0 Å². The van der Waals surface area contributed by atoms with Gasteiger partial charge in [-0.25, -0.2) is 8.42 Å². The summed E-state index contributed by atoms with van der Waals surface area (Å²) >= 11 is 1.69. The van der Waals surface area contributed by atoms with Crippen LogP contribution >= 0.6 is 11.8 Å². The molecule has 3 aromatic rings. The van der Waals surface area contributed by atoms with Gasteiger partial charge in [0.1, 0.15) is 0 Å². The second-order valence-electron chi connectivity index (χ2n) is 5.70. The van der Waals surface area contributed by atoms with Crippen LogP contribution in [0.2, 0.25) is 0 Å². The predicted octanol–water partition coefficient (Wildman–Crippen LogP) is 5.18. The molecule has 0 saturated heterocycles. The molecule has 0 aromatic heterocycles. The molecule has 0 bridgehead atoms. The molecule has 3 aromatic carbocycles. The third-order valence-electron chi connectivity index (χ3n) is 3.89. The van der Waals surface area contributed by atoms with Crippen molar-refractivity contribution in [3.8, 4) is 11.1 Å². The van der Waals surface area contributed by atoms with Gasteiger partial charge in [0.25, 0.3) is 10.0 Å². The van der Waals surface area contributed by atoms with E-state index in [1.807, 2.05) is 37.4 Å². The van der Waals surface area contributed by atoms with Crippen molar-refractivity contribution in [1.82, 2.24) is 0 Å². The van der Waals surface area contributed by atoms with E-state index in [9.17, 15) is 8.42 Å². The van der Waals surface area contributed by atoms with Crippen LogP contribution in [0, 0.1) is 6.92 Å². The molecule has 25 heavy (non-hydrogen) atoms. The van der Waals surface area contributed by atoms with Crippen LogP contribution in [0.1, 0.15) is 5.56 Å². The number of thioether (sulfide) groups is 1. The lowest BCUT2D eigenvalue weighted by Gasteiger charge is -2.11. The molecule has 0 aliphatic carbocycles. The summed E-state index contributed by atoms with van der Waals surface area (Å²) in [7, 11) is -3.57. The lowest BCUT2D eigenvalue weighted by molar-refractivity contribution is 0.601. The first-order valence-electron chi connectivity index (χ1n) is 7.82. The summed E-state index contributed by atoms with van der Waals surface area (Å²) in [5.74, 6) is 0. The normalized spacial score (nSPS) is 11.3. The lowest BCUT2D eigenvalue weighted by atomic mass is 10.1. The Hall–Kier alpha value is -2.24. The van der Waals surface area contributed by atoms with E-state index in [0.29, 0.717) is 5.69 Å². The van der Waals surface area contributed by atoms with Crippen LogP contribution in [0.5, 0.6) is 0 Å². The summed E-state index contributed by atoms with van der Waals surface area (Å²) in [6.07, 6.45) is 2.04. The maximum atomic E-state index is 12.5. The van der Waals surface area contributed by atoms with Gasteiger partial charge in [0.05, 0.1) is 4.90 Å². The van der Waals surface area contributed by atoms with Gasteiger partial charge < -0.3 is 0 Å². The summed E-state index contributed by atoms with van der Waals surface area (Å²) in [6, 6.07) is 22.4. The van der Waals surface area contributed by atoms with Crippen LogP contribution in [0.25, 0.3) is 11.1 Å². The topological polar surface area (TPSA) is 46.2 Å². The van der Waals surface area contributed by atoms with Gasteiger partial charge in [-0.2, -0.15) is 0 Å². The minimum atomic E-state index is -3.57. The van der Waals surface area contributed by atoms with Crippen molar-refractivity contribution in [1.29, 1.82) is 0 Å². The molecule has 0 fully saturated rings. The fraction of sp³-hybridized carbons (Fsp3) is 0.100. The molecule has 0 unspecified atom stereocenters. The van der Waals surface area contributed by atoms with Gasteiger partial charge in [0.15, 0.2) is 0 Å². The Morgan fingerprint density at radius 3 is 2.12 bits per heavy atom. The minimum absolute atomic E-state index is 0.259. The van der Waals surface area contributed by atoms with Gasteiger partial charge in [0.2, 0.25) is 0 Å². The SMILES string of the molecule is CSc1ccccc1-c1ccc(NS(=O)(=O)c2ccc(C)cc2)cc1. The second-order valence-corrected chi connectivity index (χ2v) is 8.23. The number of nitrogens with one attached hydrogen (secondary N) is 1. The molecule has 1 N–H and O–H groups in total. The number of hydrogen-bond acceptors (Lipinski definition) is 3. The number of benzene rings is 3. The molecule has 0 atom stereocenters. The van der Waals surface area contributed by atoms with Crippen molar-refractivity contribution in [2.24, 2.45) is 0 Å². The summed E-state index contributed by atoms with van der Waals surface area (Å²) in [4.78, 5) is 1.45. The molecule has 3 nitrogen and oxygen atoms in total. The Bertz CT molecular complexity index is 963. The predicted molar refractivity (Wildman–Crippen MR) is 106 cm³/mol. The third kappa shape index (κ3) is 4.06. The molecule has 0 aliphatic rings. The number of hydrogen-bond donors (Lipinski definition) is 1. The van der Waals surface area contributed by atoms with Gasteiger partial charge in [0, 0.05) is 10.6 Å². The fourth-order valence-corrected chi connectivity index (χ4v) is 4.21. The molecule has 0 saturated carbocycles. The van der Waals surface area contributed by atoms with Crippen molar-refractivity contribution < 1.29 is 8.42 Å². The first-order valence-corrected chi connectivity index (χ1v) is 10.5. The van der Waals surface area contributed by atoms with Crippen molar-refractivity contribution in [2.75, 3.05) is 11.0 Å². The van der Waals surface area contributed by atoms with E-state index < -0.39 is 10.0 Å². The van der Waals surface area contributed by atoms with Crippen LogP contribution in [0.4, 0.5) is 5.69 Å². The number of rotatable bonds is 5. The van der Waals surface area contributed by atoms with Crippen molar-refractivity contribution in [2.45, 2.75) is 16.7 Å². The first-order chi connectivity index (χ1) is 12.0. The zero-order chi connectivity index (χ0) is 17.9. The van der Waals surface area contributed by atoms with E-state index in [0.717, 1.165) is 16.7 Å². The highest BCUT2D eigenvalue weighted by molar-refractivity contribution is 7.98. The average Bonchev–Trinajstić information content (AvgIpc) is 2.62. The van der Waals surface area contributed by atoms with Crippen LogP contribution in [0.3, 0.4) is 0 Å². The van der Waals surface area contributed by atoms with E-state index in [2.05, 4.69) is 16.9 Å². The van der Waals surface area contributed by atoms with Crippen molar-refractivity contribution in [3.63, 3.8) is 0 Å². The smallest absolute Gasteiger partial charge is 0.261 e. The second kappa shape index (κ2) is 7.33. The van der Waals surface area contributed by atoms with Gasteiger partial charge >= 0.3 is 0 Å². The van der Waals surface area contributed by atoms with Crippen LogP contribution in [-0.4, -0.2) is 14.7 Å². The van der Waals surface area contributed by atoms with Crippen molar-refractivity contribution >= 4 is 27.5 Å². The molecule has 0 aliphatic heterocycles. The molecular weight excluding hydrogens is 350 g/mol. The highest BCUT2D eigenvalue weighted by atomic mass is 32.2. The quantitative estimate of drug-likeness (QED) is 0.630. The minimum Gasteiger partial charge on any atom is -0.280 e. The maximum Gasteiger partial charge on any atom is 0.261 e. The number of sulfonamides is 1. The van der Waals surface area contributed by atoms with Crippen LogP contribution < -0.4 is 4.72 Å². The molecule has 3 rings (SSSR count). The molecule has 128 valence electrons. The summed E-state index contributed by atoms with van der Waals surface area (Å²) in [6.45, 7) is 1.93. The van der Waals surface area contributed by atoms with Crippen molar-refractivity contribution in [3.05, 3.63) is 78.4 Å². The monoisotopic (exact) mass is 369 g/mol. The Morgan fingerprint density at radius 1 is 0.840 bits per heavy atom. The zero-order valence-corrected chi connectivity index (χ0v) is 15.7. The lowest BCUT2D eigenvalue weighted by Crippen LogP contribution is -2.12. The Balaban J connectivity index is 1.84. The van der Waals surface area contributed by atoms with Crippen LogP contribution in [0.15, 0.2) is 82.6 Å². The summed E-state index contributed by atoms with van der Waals surface area (Å²) < 4.78 is 27.5. The van der Waals surface area contributed by atoms with Gasteiger partial charge in [-0.1, -0.05) is 48.0 Å². The van der Waals surface area contributed by atoms with E-state index in [1.165, 1.54) is 4.90 Å². The Kier molecular flexibility index (Phi) is 5.16. The number of anilines is 1.